The molecule has 1 aromatic carbocycles. The number of esters is 1. The van der Waals surface area contributed by atoms with Gasteiger partial charge in [0.05, 0.1) is 24.0 Å². The zero-order valence-corrected chi connectivity index (χ0v) is 20.2. The highest BCUT2D eigenvalue weighted by molar-refractivity contribution is 5.91. The number of hydrogen-bond donors (Lipinski definition) is 0. The van der Waals surface area contributed by atoms with Crippen LogP contribution in [0, 0.1) is 11.7 Å². The van der Waals surface area contributed by atoms with E-state index in [-0.39, 0.29) is 30.0 Å². The van der Waals surface area contributed by atoms with E-state index < -0.39 is 17.5 Å². The van der Waals surface area contributed by atoms with Crippen LogP contribution in [0.25, 0.3) is 5.82 Å². The zero-order valence-electron chi connectivity index (χ0n) is 20.2. The van der Waals surface area contributed by atoms with Gasteiger partial charge in [0.25, 0.3) is 0 Å². The highest BCUT2D eigenvalue weighted by Crippen LogP contribution is 2.20. The van der Waals surface area contributed by atoms with Crippen molar-refractivity contribution in [3.8, 4) is 5.82 Å². The molecule has 3 aromatic rings. The predicted molar refractivity (Wildman–Crippen MR) is 125 cm³/mol. The summed E-state index contributed by atoms with van der Waals surface area (Å²) in [6.45, 7) is 9.92. The molecule has 0 amide bonds. The van der Waals surface area contributed by atoms with Gasteiger partial charge in [-0.25, -0.2) is 19.0 Å². The molecule has 8 nitrogen and oxygen atoms in total. The minimum Gasteiger partial charge on any atom is -0.459 e. The summed E-state index contributed by atoms with van der Waals surface area (Å²) in [5, 5.41) is 4.31. The maximum absolute atomic E-state index is 15.1. The lowest BCUT2D eigenvalue weighted by Gasteiger charge is -2.14. The van der Waals surface area contributed by atoms with E-state index >= 15 is 4.39 Å². The van der Waals surface area contributed by atoms with Gasteiger partial charge < -0.3 is 9.47 Å². The second-order valence-electron chi connectivity index (χ2n) is 8.67. The Morgan fingerprint density at radius 3 is 2.44 bits per heavy atom. The Morgan fingerprint density at radius 1 is 1.12 bits per heavy atom. The first-order chi connectivity index (χ1) is 16.2. The van der Waals surface area contributed by atoms with Crippen molar-refractivity contribution >= 4 is 5.97 Å². The van der Waals surface area contributed by atoms with Crippen LogP contribution in [0.5, 0.6) is 0 Å². The van der Waals surface area contributed by atoms with Gasteiger partial charge in [-0.2, -0.15) is 4.68 Å². The number of rotatable bonds is 10. The summed E-state index contributed by atoms with van der Waals surface area (Å²) in [5.41, 5.74) is 0.873. The largest absolute Gasteiger partial charge is 0.459 e. The number of hydrogen-bond acceptors (Lipinski definition) is 6. The van der Waals surface area contributed by atoms with Crippen LogP contribution in [0.4, 0.5) is 4.39 Å². The molecular formula is C25H31FN4O4. The average molecular weight is 471 g/mol. The van der Waals surface area contributed by atoms with Gasteiger partial charge in [0.2, 0.25) is 0 Å². The van der Waals surface area contributed by atoms with E-state index in [1.807, 2.05) is 44.2 Å². The summed E-state index contributed by atoms with van der Waals surface area (Å²) in [7, 11) is 0. The van der Waals surface area contributed by atoms with E-state index in [0.717, 1.165) is 16.3 Å². The summed E-state index contributed by atoms with van der Waals surface area (Å²) in [5.74, 6) is -1.23. The first kappa shape index (κ1) is 25.3. The fourth-order valence-electron chi connectivity index (χ4n) is 3.50. The van der Waals surface area contributed by atoms with E-state index in [2.05, 4.69) is 10.1 Å². The number of ether oxygens (including phenoxy) is 2. The van der Waals surface area contributed by atoms with Gasteiger partial charge in [0.1, 0.15) is 6.61 Å². The Balaban J connectivity index is 1.96. The molecule has 0 bridgehead atoms. The van der Waals surface area contributed by atoms with Crippen LogP contribution < -0.4 is 5.69 Å². The minimum atomic E-state index is -0.831. The number of carbonyl (C=O) groups is 1. The summed E-state index contributed by atoms with van der Waals surface area (Å²) in [6, 6.07) is 10.7. The molecule has 0 N–H and O–H groups in total. The predicted octanol–water partition coefficient (Wildman–Crippen LogP) is 4.07. The van der Waals surface area contributed by atoms with Crippen molar-refractivity contribution in [1.82, 2.24) is 19.3 Å². The second-order valence-corrected chi connectivity index (χ2v) is 8.67. The van der Waals surface area contributed by atoms with Crippen molar-refractivity contribution in [1.29, 1.82) is 0 Å². The summed E-state index contributed by atoms with van der Waals surface area (Å²) >= 11 is 0. The monoisotopic (exact) mass is 470 g/mol. The highest BCUT2D eigenvalue weighted by atomic mass is 19.1. The Hall–Kier alpha value is -3.33. The van der Waals surface area contributed by atoms with Crippen molar-refractivity contribution < 1.29 is 18.7 Å². The number of nitrogens with zero attached hydrogens (tertiary/aromatic N) is 4. The normalized spacial score (nSPS) is 11.4. The molecule has 0 aliphatic carbocycles. The number of halogens is 1. The van der Waals surface area contributed by atoms with Gasteiger partial charge in [-0.05, 0) is 44.7 Å². The molecule has 0 radical (unpaired) electrons. The molecule has 0 saturated carbocycles. The van der Waals surface area contributed by atoms with Crippen molar-refractivity contribution in [2.75, 3.05) is 0 Å². The highest BCUT2D eigenvalue weighted by Gasteiger charge is 2.24. The Morgan fingerprint density at radius 2 is 1.82 bits per heavy atom. The molecule has 34 heavy (non-hydrogen) atoms. The lowest BCUT2D eigenvalue weighted by Crippen LogP contribution is -2.26. The van der Waals surface area contributed by atoms with Gasteiger partial charge in [-0.3, -0.25) is 4.57 Å². The quantitative estimate of drug-likeness (QED) is 0.415. The molecular weight excluding hydrogens is 439 g/mol. The second kappa shape index (κ2) is 11.2. The summed E-state index contributed by atoms with van der Waals surface area (Å²) in [4.78, 5) is 29.9. The molecule has 9 heteroatoms. The van der Waals surface area contributed by atoms with E-state index in [4.69, 9.17) is 9.47 Å². The number of aromatic nitrogens is 4. The molecule has 0 fully saturated rings. The maximum Gasteiger partial charge on any atom is 0.352 e. The molecule has 0 spiro atoms. The van der Waals surface area contributed by atoms with Crippen molar-refractivity contribution in [3.05, 3.63) is 75.3 Å². The molecule has 2 aromatic heterocycles. The van der Waals surface area contributed by atoms with Crippen LogP contribution in [-0.4, -0.2) is 31.4 Å². The Bertz CT molecular complexity index is 1190. The standard InChI is InChI=1S/C25H31FN4O4/c1-6-29-22(15-33-14-18-10-8-7-9-11-18)28-30(25(29)32)23-20(26)13-19(24(31)34-17(4)5)21(27-23)12-16(2)3/h7-11,13,16-17H,6,12,14-15H2,1-5H3. The Kier molecular flexibility index (Phi) is 8.33. The number of pyridine rings is 1. The lowest BCUT2D eigenvalue weighted by atomic mass is 10.0. The van der Waals surface area contributed by atoms with E-state index in [9.17, 15) is 9.59 Å². The van der Waals surface area contributed by atoms with Gasteiger partial charge >= 0.3 is 11.7 Å². The molecule has 0 unspecified atom stereocenters. The first-order valence-corrected chi connectivity index (χ1v) is 11.4. The zero-order chi connectivity index (χ0) is 24.8. The average Bonchev–Trinajstić information content (AvgIpc) is 3.09. The Labute approximate surface area is 198 Å². The number of benzene rings is 1. The molecule has 0 atom stereocenters. The van der Waals surface area contributed by atoms with Crippen LogP contribution in [-0.2, 0) is 35.7 Å². The van der Waals surface area contributed by atoms with Crippen LogP contribution in [0.1, 0.15) is 62.1 Å². The smallest absolute Gasteiger partial charge is 0.352 e. The SMILES string of the molecule is CCn1c(COCc2ccccc2)nn(-c2nc(CC(C)C)c(C(=O)OC(C)C)cc2F)c1=O. The van der Waals surface area contributed by atoms with Crippen LogP contribution in [0.2, 0.25) is 0 Å². The summed E-state index contributed by atoms with van der Waals surface area (Å²) in [6.07, 6.45) is 0.0509. The van der Waals surface area contributed by atoms with E-state index in [1.165, 1.54) is 4.57 Å². The summed E-state index contributed by atoms with van der Waals surface area (Å²) < 4.78 is 28.5. The van der Waals surface area contributed by atoms with Crippen LogP contribution in [0.15, 0.2) is 41.2 Å². The van der Waals surface area contributed by atoms with Gasteiger partial charge in [-0.1, -0.05) is 44.2 Å². The first-order valence-electron chi connectivity index (χ1n) is 11.4. The van der Waals surface area contributed by atoms with Gasteiger partial charge in [-0.15, -0.1) is 5.10 Å². The minimum absolute atomic E-state index is 0.0537. The molecule has 0 aliphatic heterocycles. The van der Waals surface area contributed by atoms with E-state index in [0.29, 0.717) is 31.1 Å². The molecule has 182 valence electrons. The maximum atomic E-state index is 15.1. The third-order valence-corrected chi connectivity index (χ3v) is 5.00. The van der Waals surface area contributed by atoms with E-state index in [1.54, 1.807) is 20.8 Å². The third kappa shape index (κ3) is 5.96. The fraction of sp³-hybridized carbons (Fsp3) is 0.440. The molecule has 3 rings (SSSR count). The number of carbonyl (C=O) groups excluding carboxylic acids is 1. The molecule has 0 saturated heterocycles. The third-order valence-electron chi connectivity index (χ3n) is 5.00. The fourth-order valence-corrected chi connectivity index (χ4v) is 3.50. The van der Waals surface area contributed by atoms with Crippen molar-refractivity contribution in [3.63, 3.8) is 0 Å². The van der Waals surface area contributed by atoms with Gasteiger partial charge in [0, 0.05) is 6.54 Å². The van der Waals surface area contributed by atoms with Crippen molar-refractivity contribution in [2.45, 2.75) is 66.9 Å². The lowest BCUT2D eigenvalue weighted by molar-refractivity contribution is 0.0375. The molecule has 0 aliphatic rings. The molecule has 2 heterocycles. The van der Waals surface area contributed by atoms with Gasteiger partial charge in [0.15, 0.2) is 17.5 Å². The van der Waals surface area contributed by atoms with Crippen LogP contribution >= 0.6 is 0 Å². The van der Waals surface area contributed by atoms with Crippen molar-refractivity contribution in [2.24, 2.45) is 5.92 Å². The topological polar surface area (TPSA) is 88.2 Å². The van der Waals surface area contributed by atoms with Crippen LogP contribution in [0.3, 0.4) is 0 Å².